The maximum Gasteiger partial charge on any atom is 0.339 e. The molecule has 2 aliphatic carbocycles. The summed E-state index contributed by atoms with van der Waals surface area (Å²) in [6.07, 6.45) is -2.68. The van der Waals surface area contributed by atoms with Gasteiger partial charge in [-0.2, -0.15) is 0 Å². The first-order valence-corrected chi connectivity index (χ1v) is 13.4. The number of cyclic esters (lactones) is 3. The molecule has 0 bridgehead atoms. The molecular formula is C28H34O11. The second kappa shape index (κ2) is 7.69. The molecule has 3 saturated heterocycles. The van der Waals surface area contributed by atoms with Gasteiger partial charge < -0.3 is 28.8 Å². The van der Waals surface area contributed by atoms with Crippen LogP contribution in [0.1, 0.15) is 67.2 Å². The normalized spacial score (nSPS) is 49.6. The van der Waals surface area contributed by atoms with Crippen LogP contribution in [-0.4, -0.2) is 70.6 Å². The summed E-state index contributed by atoms with van der Waals surface area (Å²) < 4.78 is 28.6. The number of fused-ring (bicyclic) bond motifs is 3. The first-order chi connectivity index (χ1) is 18.0. The highest BCUT2D eigenvalue weighted by Crippen LogP contribution is 2.77. The molecule has 1 spiro atoms. The topological polar surface area (TPSA) is 155 Å². The molecule has 11 heteroatoms. The molecule has 1 unspecified atom stereocenters. The minimum Gasteiger partial charge on any atom is -0.461 e. The number of rotatable bonds is 2. The minimum atomic E-state index is -1.58. The van der Waals surface area contributed by atoms with E-state index in [4.69, 9.17) is 23.7 Å². The number of Topliss-reactive ketones (excluding diaryl/α,β-unsaturated/α-hetero) is 1. The van der Waals surface area contributed by atoms with Gasteiger partial charge in [-0.3, -0.25) is 14.4 Å². The Hall–Kier alpha value is -2.79. The van der Waals surface area contributed by atoms with E-state index in [0.29, 0.717) is 12.8 Å². The largest absolute Gasteiger partial charge is 0.461 e. The van der Waals surface area contributed by atoms with Gasteiger partial charge in [0.1, 0.15) is 29.2 Å². The summed E-state index contributed by atoms with van der Waals surface area (Å²) in [7, 11) is 0. The Balaban J connectivity index is 1.52. The van der Waals surface area contributed by atoms with Crippen molar-refractivity contribution < 1.29 is 52.8 Å². The van der Waals surface area contributed by atoms with Gasteiger partial charge in [-0.1, -0.05) is 13.8 Å². The lowest BCUT2D eigenvalue weighted by molar-refractivity contribution is -0.231. The molecule has 6 aliphatic rings. The molecule has 212 valence electrons. The molecule has 10 atom stereocenters. The highest BCUT2D eigenvalue weighted by molar-refractivity contribution is 5.94. The van der Waals surface area contributed by atoms with E-state index in [1.807, 2.05) is 13.8 Å². The summed E-state index contributed by atoms with van der Waals surface area (Å²) in [4.78, 5) is 64.8. The van der Waals surface area contributed by atoms with Crippen LogP contribution in [-0.2, 0) is 47.7 Å². The van der Waals surface area contributed by atoms with Crippen molar-refractivity contribution in [2.75, 3.05) is 0 Å². The van der Waals surface area contributed by atoms with Crippen molar-refractivity contribution in [2.45, 2.75) is 103 Å². The van der Waals surface area contributed by atoms with Crippen LogP contribution in [0.5, 0.6) is 0 Å². The van der Waals surface area contributed by atoms with Crippen LogP contribution in [0.15, 0.2) is 11.6 Å². The number of esters is 4. The van der Waals surface area contributed by atoms with Gasteiger partial charge in [0.2, 0.25) is 6.29 Å². The van der Waals surface area contributed by atoms with Gasteiger partial charge in [-0.25, -0.2) is 9.59 Å². The number of ketones is 1. The number of ether oxygens (including phenoxy) is 5. The highest BCUT2D eigenvalue weighted by Gasteiger charge is 2.89. The SMILES string of the molecule is CC(=O)O[C@H]1CC(=O)OC(C)(C)[C@@H]2CC(=O)[C@]3(C)[C@H](CC[C@@]4(C)[C@H](C5=CC(=O)OC5O)OC(=O)[C@H]5O[C@]543)[C@@]12C. The second-order valence-electron chi connectivity index (χ2n) is 13.1. The average Bonchev–Trinajstić information content (AvgIpc) is 3.52. The predicted octanol–water partition coefficient (Wildman–Crippen LogP) is 1.53. The molecule has 6 rings (SSSR count). The molecule has 4 aliphatic heterocycles. The summed E-state index contributed by atoms with van der Waals surface area (Å²) >= 11 is 0. The molecule has 0 aromatic rings. The molecule has 0 aromatic carbocycles. The lowest BCUT2D eigenvalue weighted by atomic mass is 9.37. The Kier molecular flexibility index (Phi) is 5.21. The zero-order chi connectivity index (χ0) is 28.5. The molecule has 4 heterocycles. The van der Waals surface area contributed by atoms with Gasteiger partial charge in [-0.15, -0.1) is 0 Å². The van der Waals surface area contributed by atoms with E-state index in [2.05, 4.69) is 0 Å². The molecule has 0 aromatic heterocycles. The summed E-state index contributed by atoms with van der Waals surface area (Å²) in [5.41, 5.74) is -5.33. The van der Waals surface area contributed by atoms with E-state index in [9.17, 15) is 29.1 Å². The van der Waals surface area contributed by atoms with Crippen molar-refractivity contribution in [3.63, 3.8) is 0 Å². The maximum atomic E-state index is 14.4. The zero-order valence-corrected chi connectivity index (χ0v) is 22.9. The van der Waals surface area contributed by atoms with Gasteiger partial charge in [-0.05, 0) is 39.5 Å². The number of carbonyl (C=O) groups is 5. The fourth-order valence-electron chi connectivity index (χ4n) is 9.44. The van der Waals surface area contributed by atoms with E-state index < -0.39 is 87.8 Å². The Morgan fingerprint density at radius 1 is 1.00 bits per heavy atom. The summed E-state index contributed by atoms with van der Waals surface area (Å²) in [6, 6.07) is 0. The number of hydrogen-bond donors (Lipinski definition) is 1. The van der Waals surface area contributed by atoms with Crippen molar-refractivity contribution in [1.29, 1.82) is 0 Å². The molecule has 5 fully saturated rings. The lowest BCUT2D eigenvalue weighted by Crippen LogP contribution is -2.74. The Morgan fingerprint density at radius 3 is 2.31 bits per heavy atom. The van der Waals surface area contributed by atoms with E-state index in [0.717, 1.165) is 6.08 Å². The van der Waals surface area contributed by atoms with E-state index in [1.165, 1.54) is 6.92 Å². The zero-order valence-electron chi connectivity index (χ0n) is 22.9. The van der Waals surface area contributed by atoms with Crippen molar-refractivity contribution in [3.05, 3.63) is 11.6 Å². The first kappa shape index (κ1) is 26.4. The third-order valence-corrected chi connectivity index (χ3v) is 11.1. The molecule has 0 radical (unpaired) electrons. The van der Waals surface area contributed by atoms with Crippen molar-refractivity contribution in [2.24, 2.45) is 28.1 Å². The van der Waals surface area contributed by atoms with Gasteiger partial charge in [0.15, 0.2) is 6.10 Å². The monoisotopic (exact) mass is 546 g/mol. The van der Waals surface area contributed by atoms with Gasteiger partial charge >= 0.3 is 23.9 Å². The van der Waals surface area contributed by atoms with Crippen LogP contribution in [0.25, 0.3) is 0 Å². The number of aliphatic hydroxyl groups excluding tert-OH is 1. The third kappa shape index (κ3) is 3.03. The average molecular weight is 547 g/mol. The summed E-state index contributed by atoms with van der Waals surface area (Å²) in [5, 5.41) is 10.5. The fourth-order valence-corrected chi connectivity index (χ4v) is 9.44. The van der Waals surface area contributed by atoms with Gasteiger partial charge in [0, 0.05) is 41.7 Å². The van der Waals surface area contributed by atoms with Gasteiger partial charge in [0.05, 0.1) is 11.8 Å². The van der Waals surface area contributed by atoms with Crippen LogP contribution in [0, 0.1) is 28.1 Å². The Bertz CT molecular complexity index is 1250. The smallest absolute Gasteiger partial charge is 0.339 e. The molecule has 11 nitrogen and oxygen atoms in total. The third-order valence-electron chi connectivity index (χ3n) is 11.1. The van der Waals surface area contributed by atoms with E-state index in [1.54, 1.807) is 20.8 Å². The van der Waals surface area contributed by atoms with E-state index in [-0.39, 0.29) is 24.2 Å². The Labute approximate surface area is 225 Å². The van der Waals surface area contributed by atoms with Crippen LogP contribution in [0.2, 0.25) is 0 Å². The molecule has 2 saturated carbocycles. The lowest BCUT2D eigenvalue weighted by Gasteiger charge is -2.66. The standard InChI is InChI=1S/C28H34O11/c1-12(29)35-17-11-19(32)38-24(2,3)15-10-16(30)27(6)14(26(15,17)5)7-8-25(4)20(13-9-18(31)36-22(13)33)37-23(34)21-28(25,27)39-21/h9,14-15,17,20-22,33H,7-8,10-11H2,1-6H3/t14-,15+,17+,20+,21-,22?,25+,26-,27+,28-/m1/s1. The van der Waals surface area contributed by atoms with E-state index >= 15 is 0 Å². The Morgan fingerprint density at radius 2 is 1.69 bits per heavy atom. The van der Waals surface area contributed by atoms with Crippen LogP contribution < -0.4 is 0 Å². The van der Waals surface area contributed by atoms with Crippen molar-refractivity contribution in [3.8, 4) is 0 Å². The fraction of sp³-hybridized carbons (Fsp3) is 0.750. The predicted molar refractivity (Wildman–Crippen MR) is 128 cm³/mol. The molecular weight excluding hydrogens is 512 g/mol. The number of aliphatic hydroxyl groups is 1. The maximum absolute atomic E-state index is 14.4. The number of epoxide rings is 1. The second-order valence-corrected chi connectivity index (χ2v) is 13.1. The van der Waals surface area contributed by atoms with Crippen molar-refractivity contribution in [1.82, 2.24) is 0 Å². The van der Waals surface area contributed by atoms with Crippen LogP contribution in [0.4, 0.5) is 0 Å². The summed E-state index contributed by atoms with van der Waals surface area (Å²) in [6.45, 7) is 10.5. The quantitative estimate of drug-likeness (QED) is 0.304. The highest BCUT2D eigenvalue weighted by atomic mass is 16.7. The van der Waals surface area contributed by atoms with Crippen molar-refractivity contribution >= 4 is 29.7 Å². The molecule has 1 N–H and O–H groups in total. The first-order valence-electron chi connectivity index (χ1n) is 13.4. The summed E-state index contributed by atoms with van der Waals surface area (Å²) in [5.74, 6) is -3.55. The number of carbonyl (C=O) groups excluding carboxylic acids is 5. The van der Waals surface area contributed by atoms with Crippen LogP contribution in [0.3, 0.4) is 0 Å². The molecule has 39 heavy (non-hydrogen) atoms. The van der Waals surface area contributed by atoms with Crippen LogP contribution >= 0.6 is 0 Å². The molecule has 0 amide bonds. The minimum absolute atomic E-state index is 0.0160. The number of hydrogen-bond acceptors (Lipinski definition) is 11. The van der Waals surface area contributed by atoms with Gasteiger partial charge in [0.25, 0.3) is 0 Å².